The third kappa shape index (κ3) is 3.03. The van der Waals surface area contributed by atoms with Crippen molar-refractivity contribution in [1.29, 1.82) is 0 Å². The molecule has 2 amide bonds. The van der Waals surface area contributed by atoms with Gasteiger partial charge < -0.3 is 5.32 Å². The van der Waals surface area contributed by atoms with Gasteiger partial charge in [-0.1, -0.05) is 0 Å². The molecule has 0 aliphatic carbocycles. The Balaban J connectivity index is 1.66. The van der Waals surface area contributed by atoms with Crippen LogP contribution in [-0.4, -0.2) is 35.6 Å². The van der Waals surface area contributed by atoms with Gasteiger partial charge in [-0.05, 0) is 6.07 Å². The molecule has 0 saturated carbocycles. The van der Waals surface area contributed by atoms with Gasteiger partial charge in [-0.2, -0.15) is 10.2 Å². The number of rotatable bonds is 3. The standard InChI is InChI=1S/C12H12N8O/c1-19-6-3-10(18-19)17-12(21)16-9-7-15-20(8-9)11-13-4-2-5-14-11/h2-8H,1H3,(H2,16,17,18,21). The molecular formula is C12H12N8O. The Labute approximate surface area is 119 Å². The molecule has 3 aromatic heterocycles. The van der Waals surface area contributed by atoms with E-state index < -0.39 is 6.03 Å². The van der Waals surface area contributed by atoms with Gasteiger partial charge in [-0.25, -0.2) is 19.4 Å². The van der Waals surface area contributed by atoms with Crippen molar-refractivity contribution in [2.75, 3.05) is 10.6 Å². The maximum atomic E-state index is 11.8. The summed E-state index contributed by atoms with van der Waals surface area (Å²) < 4.78 is 3.07. The van der Waals surface area contributed by atoms with E-state index in [1.165, 1.54) is 10.9 Å². The lowest BCUT2D eigenvalue weighted by atomic mass is 10.5. The van der Waals surface area contributed by atoms with Crippen molar-refractivity contribution in [3.63, 3.8) is 0 Å². The maximum Gasteiger partial charge on any atom is 0.324 e. The Morgan fingerprint density at radius 2 is 2.05 bits per heavy atom. The Hall–Kier alpha value is -3.23. The van der Waals surface area contributed by atoms with Crippen LogP contribution in [0.4, 0.5) is 16.3 Å². The number of carbonyl (C=O) groups excluding carboxylic acids is 1. The van der Waals surface area contributed by atoms with Crippen molar-refractivity contribution < 1.29 is 4.79 Å². The second-order valence-electron chi connectivity index (χ2n) is 4.18. The number of hydrogen-bond donors (Lipinski definition) is 2. The number of urea groups is 1. The van der Waals surface area contributed by atoms with Crippen LogP contribution in [0.25, 0.3) is 5.95 Å². The molecular weight excluding hydrogens is 272 g/mol. The van der Waals surface area contributed by atoms with Gasteiger partial charge in [0.1, 0.15) is 0 Å². The summed E-state index contributed by atoms with van der Waals surface area (Å²) in [5.41, 5.74) is 0.524. The number of nitrogens with zero attached hydrogens (tertiary/aromatic N) is 6. The van der Waals surface area contributed by atoms with Gasteiger partial charge in [0.2, 0.25) is 5.95 Å². The van der Waals surface area contributed by atoms with Crippen LogP contribution in [0, 0.1) is 0 Å². The molecule has 21 heavy (non-hydrogen) atoms. The molecule has 3 aromatic rings. The Bertz CT molecular complexity index is 747. The summed E-state index contributed by atoms with van der Waals surface area (Å²) in [4.78, 5) is 19.9. The highest BCUT2D eigenvalue weighted by atomic mass is 16.2. The van der Waals surface area contributed by atoms with Crippen LogP contribution in [0.15, 0.2) is 43.1 Å². The molecule has 9 heteroatoms. The predicted molar refractivity (Wildman–Crippen MR) is 75.0 cm³/mol. The fourth-order valence-corrected chi connectivity index (χ4v) is 1.67. The van der Waals surface area contributed by atoms with E-state index in [0.717, 1.165) is 0 Å². The monoisotopic (exact) mass is 284 g/mol. The van der Waals surface area contributed by atoms with Crippen LogP contribution in [0.1, 0.15) is 0 Å². The molecule has 0 aromatic carbocycles. The van der Waals surface area contributed by atoms with Crippen molar-refractivity contribution >= 4 is 17.5 Å². The van der Waals surface area contributed by atoms with Crippen LogP contribution in [-0.2, 0) is 7.05 Å². The topological polar surface area (TPSA) is 103 Å². The van der Waals surface area contributed by atoms with Crippen LogP contribution in [0.5, 0.6) is 0 Å². The Morgan fingerprint density at radius 1 is 1.24 bits per heavy atom. The zero-order chi connectivity index (χ0) is 14.7. The summed E-state index contributed by atoms with van der Waals surface area (Å²) in [7, 11) is 1.77. The number of aromatic nitrogens is 6. The van der Waals surface area contributed by atoms with E-state index in [1.54, 1.807) is 48.6 Å². The minimum atomic E-state index is -0.401. The highest BCUT2D eigenvalue weighted by Crippen LogP contribution is 2.09. The summed E-state index contributed by atoms with van der Waals surface area (Å²) in [6, 6.07) is 3.01. The normalized spacial score (nSPS) is 10.3. The molecule has 3 heterocycles. The Kier molecular flexibility index (Phi) is 3.29. The van der Waals surface area contributed by atoms with Crippen LogP contribution >= 0.6 is 0 Å². The van der Waals surface area contributed by atoms with E-state index in [2.05, 4.69) is 30.8 Å². The molecule has 0 aliphatic rings. The van der Waals surface area contributed by atoms with Gasteiger partial charge in [-0.15, -0.1) is 0 Å². The number of anilines is 2. The van der Waals surface area contributed by atoms with Crippen LogP contribution in [0.3, 0.4) is 0 Å². The molecule has 0 spiro atoms. The van der Waals surface area contributed by atoms with Crippen molar-refractivity contribution in [2.45, 2.75) is 0 Å². The molecule has 0 fully saturated rings. The molecule has 0 unspecified atom stereocenters. The predicted octanol–water partition coefficient (Wildman–Crippen LogP) is 1.04. The average Bonchev–Trinajstić information content (AvgIpc) is 3.09. The quantitative estimate of drug-likeness (QED) is 0.748. The van der Waals surface area contributed by atoms with Gasteiger partial charge >= 0.3 is 6.03 Å². The largest absolute Gasteiger partial charge is 0.324 e. The fourth-order valence-electron chi connectivity index (χ4n) is 1.67. The second-order valence-corrected chi connectivity index (χ2v) is 4.18. The molecule has 3 rings (SSSR count). The summed E-state index contributed by atoms with van der Waals surface area (Å²) in [5.74, 6) is 0.893. The van der Waals surface area contributed by atoms with Gasteiger partial charge in [0.05, 0.1) is 18.1 Å². The van der Waals surface area contributed by atoms with Crippen LogP contribution < -0.4 is 10.6 Å². The summed E-state index contributed by atoms with van der Waals surface area (Å²) in [6.07, 6.45) is 8.10. The van der Waals surface area contributed by atoms with Gasteiger partial charge in [-0.3, -0.25) is 10.00 Å². The van der Waals surface area contributed by atoms with Crippen molar-refractivity contribution in [3.05, 3.63) is 43.1 Å². The lowest BCUT2D eigenvalue weighted by Gasteiger charge is -2.02. The zero-order valence-electron chi connectivity index (χ0n) is 11.1. The number of carbonyl (C=O) groups is 1. The third-order valence-corrected chi connectivity index (χ3v) is 2.55. The molecule has 0 aliphatic heterocycles. The first-order valence-corrected chi connectivity index (χ1v) is 6.10. The van der Waals surface area contributed by atoms with Crippen molar-refractivity contribution in [2.24, 2.45) is 7.05 Å². The zero-order valence-corrected chi connectivity index (χ0v) is 11.1. The lowest BCUT2D eigenvalue weighted by Crippen LogP contribution is -2.19. The SMILES string of the molecule is Cn1ccc(NC(=O)Nc2cnn(-c3ncccn3)c2)n1. The molecule has 0 radical (unpaired) electrons. The first kappa shape index (κ1) is 12.8. The maximum absolute atomic E-state index is 11.8. The molecule has 0 bridgehead atoms. The number of aryl methyl sites for hydroxylation is 1. The summed E-state index contributed by atoms with van der Waals surface area (Å²) in [5, 5.41) is 13.4. The highest BCUT2D eigenvalue weighted by Gasteiger charge is 2.07. The summed E-state index contributed by atoms with van der Waals surface area (Å²) in [6.45, 7) is 0. The first-order chi connectivity index (χ1) is 10.2. The lowest BCUT2D eigenvalue weighted by molar-refractivity contribution is 0.262. The molecule has 2 N–H and O–H groups in total. The minimum Gasteiger partial charge on any atom is -0.305 e. The van der Waals surface area contributed by atoms with E-state index in [0.29, 0.717) is 17.5 Å². The second kappa shape index (κ2) is 5.41. The van der Waals surface area contributed by atoms with E-state index >= 15 is 0 Å². The van der Waals surface area contributed by atoms with E-state index in [9.17, 15) is 4.79 Å². The molecule has 9 nitrogen and oxygen atoms in total. The van der Waals surface area contributed by atoms with E-state index in [4.69, 9.17) is 0 Å². The molecule has 106 valence electrons. The summed E-state index contributed by atoms with van der Waals surface area (Å²) >= 11 is 0. The van der Waals surface area contributed by atoms with Crippen molar-refractivity contribution in [3.8, 4) is 5.95 Å². The average molecular weight is 284 g/mol. The number of amides is 2. The minimum absolute atomic E-state index is 0.401. The van der Waals surface area contributed by atoms with Gasteiger partial charge in [0.25, 0.3) is 0 Å². The van der Waals surface area contributed by atoms with E-state index in [1.807, 2.05) is 0 Å². The van der Waals surface area contributed by atoms with Gasteiger partial charge in [0.15, 0.2) is 5.82 Å². The van der Waals surface area contributed by atoms with Crippen molar-refractivity contribution in [1.82, 2.24) is 29.5 Å². The van der Waals surface area contributed by atoms with Gasteiger partial charge in [0, 0.05) is 31.7 Å². The van der Waals surface area contributed by atoms with E-state index in [-0.39, 0.29) is 0 Å². The molecule has 0 atom stereocenters. The fraction of sp³-hybridized carbons (Fsp3) is 0.0833. The first-order valence-electron chi connectivity index (χ1n) is 6.10. The Morgan fingerprint density at radius 3 is 2.76 bits per heavy atom. The number of hydrogen-bond acceptors (Lipinski definition) is 5. The third-order valence-electron chi connectivity index (χ3n) is 2.55. The number of nitrogens with one attached hydrogen (secondary N) is 2. The smallest absolute Gasteiger partial charge is 0.305 e. The van der Waals surface area contributed by atoms with Crippen LogP contribution in [0.2, 0.25) is 0 Å². The highest BCUT2D eigenvalue weighted by molar-refractivity contribution is 5.98. The molecule has 0 saturated heterocycles.